The predicted octanol–water partition coefficient (Wildman–Crippen LogP) is -0.00270. The van der Waals surface area contributed by atoms with E-state index in [2.05, 4.69) is 15.7 Å². The first-order valence-corrected chi connectivity index (χ1v) is 5.22. The number of aromatic nitrogens is 2. The molecular formula is C10H18N4O. The Morgan fingerprint density at radius 2 is 2.40 bits per heavy atom. The molecule has 0 spiro atoms. The van der Waals surface area contributed by atoms with E-state index in [4.69, 9.17) is 0 Å². The molecular weight excluding hydrogens is 192 g/mol. The van der Waals surface area contributed by atoms with Crippen LogP contribution in [0.15, 0.2) is 18.5 Å². The van der Waals surface area contributed by atoms with Gasteiger partial charge in [-0.15, -0.1) is 0 Å². The van der Waals surface area contributed by atoms with Crippen molar-refractivity contribution < 1.29 is 4.79 Å². The minimum atomic E-state index is -0.152. The molecule has 15 heavy (non-hydrogen) atoms. The first-order valence-electron chi connectivity index (χ1n) is 5.22. The Morgan fingerprint density at radius 1 is 1.60 bits per heavy atom. The van der Waals surface area contributed by atoms with Crippen molar-refractivity contribution in [1.82, 2.24) is 20.4 Å². The summed E-state index contributed by atoms with van der Waals surface area (Å²) in [6.07, 6.45) is 3.64. The number of carbonyl (C=O) groups is 1. The summed E-state index contributed by atoms with van der Waals surface area (Å²) in [6, 6.07) is 1.73. The van der Waals surface area contributed by atoms with E-state index in [0.29, 0.717) is 6.54 Å². The number of amides is 1. The van der Waals surface area contributed by atoms with Crippen molar-refractivity contribution in [2.75, 3.05) is 13.1 Å². The molecule has 1 heterocycles. The van der Waals surface area contributed by atoms with Gasteiger partial charge in [-0.25, -0.2) is 0 Å². The molecule has 1 atom stereocenters. The van der Waals surface area contributed by atoms with Crippen LogP contribution in [0.3, 0.4) is 0 Å². The maximum atomic E-state index is 11.3. The van der Waals surface area contributed by atoms with Gasteiger partial charge in [0.2, 0.25) is 5.91 Å². The lowest BCUT2D eigenvalue weighted by Crippen LogP contribution is -2.43. The fourth-order valence-electron chi connectivity index (χ4n) is 1.25. The molecule has 1 aromatic heterocycles. The molecule has 0 saturated heterocycles. The van der Waals surface area contributed by atoms with Gasteiger partial charge in [0.1, 0.15) is 0 Å². The Morgan fingerprint density at radius 3 is 3.00 bits per heavy atom. The second-order valence-corrected chi connectivity index (χ2v) is 3.34. The molecule has 1 amide bonds. The van der Waals surface area contributed by atoms with Crippen LogP contribution in [-0.4, -0.2) is 34.8 Å². The Kier molecular flexibility index (Phi) is 4.83. The van der Waals surface area contributed by atoms with Gasteiger partial charge >= 0.3 is 0 Å². The van der Waals surface area contributed by atoms with Crippen molar-refractivity contribution in [2.45, 2.75) is 26.4 Å². The summed E-state index contributed by atoms with van der Waals surface area (Å²) in [7, 11) is 0. The van der Waals surface area contributed by atoms with E-state index in [1.165, 1.54) is 0 Å². The van der Waals surface area contributed by atoms with Crippen LogP contribution in [0, 0.1) is 0 Å². The Bertz CT molecular complexity index is 284. The maximum absolute atomic E-state index is 11.3. The molecule has 0 aliphatic rings. The Hall–Kier alpha value is -1.36. The van der Waals surface area contributed by atoms with Crippen LogP contribution >= 0.6 is 0 Å². The number of carbonyl (C=O) groups excluding carboxylic acids is 1. The summed E-state index contributed by atoms with van der Waals surface area (Å²) in [4.78, 5) is 11.3. The van der Waals surface area contributed by atoms with E-state index < -0.39 is 0 Å². The summed E-state index contributed by atoms with van der Waals surface area (Å²) >= 11 is 0. The van der Waals surface area contributed by atoms with Crippen LogP contribution in [0.25, 0.3) is 0 Å². The van der Waals surface area contributed by atoms with Crippen molar-refractivity contribution in [3.05, 3.63) is 18.5 Å². The lowest BCUT2D eigenvalue weighted by molar-refractivity contribution is -0.122. The molecule has 0 saturated carbocycles. The van der Waals surface area contributed by atoms with Crippen LogP contribution in [0.5, 0.6) is 0 Å². The van der Waals surface area contributed by atoms with Crippen molar-refractivity contribution >= 4 is 5.91 Å². The zero-order chi connectivity index (χ0) is 11.1. The number of likely N-dealkylation sites (N-methyl/N-ethyl adjacent to an activating group) is 1. The quantitative estimate of drug-likeness (QED) is 0.694. The zero-order valence-electron chi connectivity index (χ0n) is 9.23. The van der Waals surface area contributed by atoms with E-state index in [1.54, 1.807) is 6.20 Å². The normalized spacial score (nSPS) is 12.4. The van der Waals surface area contributed by atoms with Gasteiger partial charge in [-0.3, -0.25) is 9.48 Å². The van der Waals surface area contributed by atoms with Gasteiger partial charge in [-0.05, 0) is 19.9 Å². The molecule has 0 aromatic carbocycles. The fraction of sp³-hybridized carbons (Fsp3) is 0.600. The molecule has 0 aliphatic heterocycles. The van der Waals surface area contributed by atoms with E-state index in [0.717, 1.165) is 13.1 Å². The average Bonchev–Trinajstić information content (AvgIpc) is 2.71. The van der Waals surface area contributed by atoms with Crippen molar-refractivity contribution in [3.8, 4) is 0 Å². The molecule has 1 rings (SSSR count). The topological polar surface area (TPSA) is 59.0 Å². The van der Waals surface area contributed by atoms with Gasteiger partial charge in [-0.2, -0.15) is 5.10 Å². The highest BCUT2D eigenvalue weighted by Gasteiger charge is 2.09. The predicted molar refractivity (Wildman–Crippen MR) is 58.4 cm³/mol. The fourth-order valence-corrected chi connectivity index (χ4v) is 1.25. The summed E-state index contributed by atoms with van der Waals surface area (Å²) in [6.45, 7) is 5.95. The molecule has 5 heteroatoms. The number of nitrogens with zero attached hydrogens (tertiary/aromatic N) is 2. The zero-order valence-corrected chi connectivity index (χ0v) is 9.23. The Labute approximate surface area is 89.9 Å². The molecule has 0 bridgehead atoms. The highest BCUT2D eigenvalue weighted by atomic mass is 16.2. The molecule has 84 valence electrons. The second kappa shape index (κ2) is 6.19. The van der Waals surface area contributed by atoms with E-state index in [9.17, 15) is 4.79 Å². The standard InChI is InChI=1S/C10H18N4O/c1-3-11-10(15)9(2)12-6-8-14-7-4-5-13-14/h4-5,7,9,12H,3,6,8H2,1-2H3,(H,11,15). The molecule has 0 radical (unpaired) electrons. The number of rotatable bonds is 6. The van der Waals surface area contributed by atoms with Crippen LogP contribution < -0.4 is 10.6 Å². The highest BCUT2D eigenvalue weighted by Crippen LogP contribution is 1.85. The molecule has 1 aromatic rings. The third-order valence-electron chi connectivity index (χ3n) is 2.09. The van der Waals surface area contributed by atoms with Gasteiger partial charge < -0.3 is 10.6 Å². The number of hydrogen-bond acceptors (Lipinski definition) is 3. The molecule has 2 N–H and O–H groups in total. The summed E-state index contributed by atoms with van der Waals surface area (Å²) in [5, 5.41) is 9.97. The minimum Gasteiger partial charge on any atom is -0.355 e. The van der Waals surface area contributed by atoms with E-state index in [-0.39, 0.29) is 11.9 Å². The van der Waals surface area contributed by atoms with Crippen LogP contribution in [0.1, 0.15) is 13.8 Å². The number of hydrogen-bond donors (Lipinski definition) is 2. The maximum Gasteiger partial charge on any atom is 0.236 e. The van der Waals surface area contributed by atoms with Crippen LogP contribution in [0.2, 0.25) is 0 Å². The molecule has 0 fully saturated rings. The highest BCUT2D eigenvalue weighted by molar-refractivity contribution is 5.81. The molecule has 1 unspecified atom stereocenters. The van der Waals surface area contributed by atoms with Crippen LogP contribution in [-0.2, 0) is 11.3 Å². The van der Waals surface area contributed by atoms with Crippen molar-refractivity contribution in [1.29, 1.82) is 0 Å². The summed E-state index contributed by atoms with van der Waals surface area (Å²) < 4.78 is 1.83. The van der Waals surface area contributed by atoms with Crippen LogP contribution in [0.4, 0.5) is 0 Å². The van der Waals surface area contributed by atoms with E-state index >= 15 is 0 Å². The van der Waals surface area contributed by atoms with Gasteiger partial charge in [0.15, 0.2) is 0 Å². The van der Waals surface area contributed by atoms with Gasteiger partial charge in [0, 0.05) is 25.5 Å². The Balaban J connectivity index is 2.17. The third-order valence-corrected chi connectivity index (χ3v) is 2.09. The monoisotopic (exact) mass is 210 g/mol. The lowest BCUT2D eigenvalue weighted by Gasteiger charge is -2.12. The van der Waals surface area contributed by atoms with Crippen molar-refractivity contribution in [3.63, 3.8) is 0 Å². The molecule has 5 nitrogen and oxygen atoms in total. The minimum absolute atomic E-state index is 0.0398. The van der Waals surface area contributed by atoms with Gasteiger partial charge in [0.25, 0.3) is 0 Å². The number of nitrogens with one attached hydrogen (secondary N) is 2. The van der Waals surface area contributed by atoms with Gasteiger partial charge in [0.05, 0.1) is 12.6 Å². The first kappa shape index (κ1) is 11.7. The smallest absolute Gasteiger partial charge is 0.236 e. The molecule has 0 aliphatic carbocycles. The van der Waals surface area contributed by atoms with E-state index in [1.807, 2.05) is 30.8 Å². The third kappa shape index (κ3) is 4.12. The average molecular weight is 210 g/mol. The first-order chi connectivity index (χ1) is 7.24. The summed E-state index contributed by atoms with van der Waals surface area (Å²) in [5.41, 5.74) is 0. The second-order valence-electron chi connectivity index (χ2n) is 3.34. The largest absolute Gasteiger partial charge is 0.355 e. The van der Waals surface area contributed by atoms with Gasteiger partial charge in [-0.1, -0.05) is 0 Å². The summed E-state index contributed by atoms with van der Waals surface area (Å²) in [5.74, 6) is 0.0398. The lowest BCUT2D eigenvalue weighted by atomic mass is 10.3. The van der Waals surface area contributed by atoms with Crippen molar-refractivity contribution in [2.24, 2.45) is 0 Å². The SMILES string of the molecule is CCNC(=O)C(C)NCCn1cccn1.